The molecule has 1 heterocycles. The molecule has 0 radical (unpaired) electrons. The molecule has 0 amide bonds. The van der Waals surface area contributed by atoms with Gasteiger partial charge in [0.15, 0.2) is 0 Å². The predicted molar refractivity (Wildman–Crippen MR) is 120 cm³/mol. The van der Waals surface area contributed by atoms with Crippen molar-refractivity contribution in [1.29, 1.82) is 0 Å². The molecule has 1 aliphatic heterocycles. The highest BCUT2D eigenvalue weighted by Gasteiger charge is 2.60. The largest absolute Gasteiger partial charge is 0.367 e. The van der Waals surface area contributed by atoms with Crippen molar-refractivity contribution in [2.45, 2.75) is 112 Å². The van der Waals surface area contributed by atoms with Crippen LogP contribution in [-0.4, -0.2) is 23.3 Å². The molecule has 9 atom stereocenters. The minimum Gasteiger partial charge on any atom is -0.367 e. The van der Waals surface area contributed by atoms with Crippen molar-refractivity contribution in [3.63, 3.8) is 0 Å². The predicted octanol–water partition coefficient (Wildman–Crippen LogP) is 6.23. The van der Waals surface area contributed by atoms with E-state index in [0.29, 0.717) is 60.1 Å². The van der Waals surface area contributed by atoms with E-state index in [-0.39, 0.29) is 22.3 Å². The van der Waals surface area contributed by atoms with Crippen molar-refractivity contribution in [2.24, 2.45) is 46.3 Å². The van der Waals surface area contributed by atoms with E-state index in [1.165, 1.54) is 12.8 Å². The quantitative estimate of drug-likeness (QED) is 0.499. The van der Waals surface area contributed by atoms with Gasteiger partial charge in [0.1, 0.15) is 11.6 Å². The summed E-state index contributed by atoms with van der Waals surface area (Å²) in [7, 11) is 0. The summed E-state index contributed by atoms with van der Waals surface area (Å²) in [5.41, 5.74) is 0.482. The second-order valence-corrected chi connectivity index (χ2v) is 12.6. The van der Waals surface area contributed by atoms with Crippen LogP contribution >= 0.6 is 0 Å². The Kier molecular flexibility index (Phi) is 5.57. The van der Waals surface area contributed by atoms with E-state index < -0.39 is 0 Å². The van der Waals surface area contributed by atoms with Gasteiger partial charge in [-0.1, -0.05) is 34.6 Å². The minimum atomic E-state index is 0.0834. The third kappa shape index (κ3) is 3.51. The second-order valence-electron chi connectivity index (χ2n) is 12.6. The summed E-state index contributed by atoms with van der Waals surface area (Å²) in [4.78, 5) is 25.5. The first-order chi connectivity index (χ1) is 13.9. The number of ketones is 2. The van der Waals surface area contributed by atoms with Gasteiger partial charge in [-0.3, -0.25) is 9.59 Å². The molecule has 0 aromatic heterocycles. The van der Waals surface area contributed by atoms with Crippen LogP contribution in [0.25, 0.3) is 0 Å². The average molecular weight is 417 g/mol. The van der Waals surface area contributed by atoms with Crippen molar-refractivity contribution in [1.82, 2.24) is 0 Å². The Morgan fingerprint density at radius 3 is 2.37 bits per heavy atom. The molecular weight excluding hydrogens is 372 g/mol. The molecule has 0 bridgehead atoms. The van der Waals surface area contributed by atoms with Crippen LogP contribution < -0.4 is 0 Å². The summed E-state index contributed by atoms with van der Waals surface area (Å²) in [5, 5.41) is 0. The first-order valence-electron chi connectivity index (χ1n) is 12.6. The van der Waals surface area contributed by atoms with Crippen LogP contribution in [0.5, 0.6) is 0 Å². The number of hydrogen-bond acceptors (Lipinski definition) is 3. The Hall–Kier alpha value is -0.700. The van der Waals surface area contributed by atoms with Crippen LogP contribution in [0.4, 0.5) is 0 Å². The SMILES string of the molecule is CC([C@H](C)CCC1OC1(C)C)C1(C)CC[C@H]2C(C(=O)CC3CC(=O)CCC32C)[C@@H]1C. The summed E-state index contributed by atoms with van der Waals surface area (Å²) in [6.45, 7) is 16.5. The van der Waals surface area contributed by atoms with Gasteiger partial charge in [-0.15, -0.1) is 0 Å². The molecule has 1 saturated heterocycles. The Morgan fingerprint density at radius 2 is 1.73 bits per heavy atom. The van der Waals surface area contributed by atoms with Gasteiger partial charge in [0.25, 0.3) is 0 Å². The lowest BCUT2D eigenvalue weighted by molar-refractivity contribution is -0.162. The van der Waals surface area contributed by atoms with Gasteiger partial charge in [-0.05, 0) is 86.4 Å². The van der Waals surface area contributed by atoms with E-state index in [1.54, 1.807) is 0 Å². The van der Waals surface area contributed by atoms with Crippen LogP contribution in [-0.2, 0) is 14.3 Å². The zero-order chi connectivity index (χ0) is 22.1. The van der Waals surface area contributed by atoms with Crippen LogP contribution in [0.15, 0.2) is 0 Å². The molecule has 4 aliphatic rings. The van der Waals surface area contributed by atoms with Gasteiger partial charge in [0, 0.05) is 25.2 Å². The number of carbonyl (C=O) groups excluding carboxylic acids is 2. The highest BCUT2D eigenvalue weighted by atomic mass is 16.6. The monoisotopic (exact) mass is 416 g/mol. The molecule has 0 aromatic carbocycles. The highest BCUT2D eigenvalue weighted by molar-refractivity contribution is 5.86. The number of fused-ring (bicyclic) bond motifs is 3. The third-order valence-corrected chi connectivity index (χ3v) is 11.0. The number of Topliss-reactive ketones (excluding diaryl/α,β-unsaturated/α-hetero) is 2. The highest BCUT2D eigenvalue weighted by Crippen LogP contribution is 2.63. The van der Waals surface area contributed by atoms with Crippen molar-refractivity contribution >= 4 is 11.6 Å². The molecular formula is C27H44O3. The van der Waals surface area contributed by atoms with Gasteiger partial charge < -0.3 is 4.74 Å². The molecule has 0 spiro atoms. The molecule has 3 aliphatic carbocycles. The van der Waals surface area contributed by atoms with Gasteiger partial charge in [0.05, 0.1) is 11.7 Å². The molecule has 3 saturated carbocycles. The van der Waals surface area contributed by atoms with E-state index in [4.69, 9.17) is 4.74 Å². The molecule has 170 valence electrons. The molecule has 4 rings (SSSR count). The smallest absolute Gasteiger partial charge is 0.136 e. The fraction of sp³-hybridized carbons (Fsp3) is 0.926. The normalized spacial score (nSPS) is 47.2. The fourth-order valence-corrected chi connectivity index (χ4v) is 7.97. The zero-order valence-corrected chi connectivity index (χ0v) is 20.4. The summed E-state index contributed by atoms with van der Waals surface area (Å²) < 4.78 is 5.81. The molecule has 0 aromatic rings. The Bertz CT molecular complexity index is 711. The summed E-state index contributed by atoms with van der Waals surface area (Å²) in [6.07, 6.45) is 8.18. The zero-order valence-electron chi connectivity index (χ0n) is 20.4. The fourth-order valence-electron chi connectivity index (χ4n) is 7.97. The maximum Gasteiger partial charge on any atom is 0.136 e. The van der Waals surface area contributed by atoms with E-state index in [0.717, 1.165) is 25.7 Å². The molecule has 30 heavy (non-hydrogen) atoms. The lowest BCUT2D eigenvalue weighted by Crippen LogP contribution is -2.58. The maximum absolute atomic E-state index is 13.4. The number of rotatable bonds is 5. The van der Waals surface area contributed by atoms with Gasteiger partial charge in [-0.2, -0.15) is 0 Å². The topological polar surface area (TPSA) is 46.7 Å². The van der Waals surface area contributed by atoms with Crippen LogP contribution in [0.2, 0.25) is 0 Å². The lowest BCUT2D eigenvalue weighted by atomic mass is 9.43. The van der Waals surface area contributed by atoms with Gasteiger partial charge in [0.2, 0.25) is 0 Å². The lowest BCUT2D eigenvalue weighted by Gasteiger charge is -2.61. The van der Waals surface area contributed by atoms with Crippen molar-refractivity contribution < 1.29 is 14.3 Å². The third-order valence-electron chi connectivity index (χ3n) is 11.0. The van der Waals surface area contributed by atoms with Gasteiger partial charge >= 0.3 is 0 Å². The Morgan fingerprint density at radius 1 is 1.07 bits per heavy atom. The maximum atomic E-state index is 13.4. The van der Waals surface area contributed by atoms with Crippen LogP contribution in [0.1, 0.15) is 99.8 Å². The van der Waals surface area contributed by atoms with Crippen molar-refractivity contribution in [2.75, 3.05) is 0 Å². The van der Waals surface area contributed by atoms with E-state index in [2.05, 4.69) is 48.5 Å². The van der Waals surface area contributed by atoms with E-state index in [9.17, 15) is 9.59 Å². The van der Waals surface area contributed by atoms with Crippen molar-refractivity contribution in [3.8, 4) is 0 Å². The first kappa shape index (κ1) is 22.5. The van der Waals surface area contributed by atoms with E-state index >= 15 is 0 Å². The Labute approximate surface area is 184 Å². The number of epoxide rings is 1. The first-order valence-corrected chi connectivity index (χ1v) is 12.6. The molecule has 6 unspecified atom stereocenters. The molecule has 3 nitrogen and oxygen atoms in total. The van der Waals surface area contributed by atoms with Crippen LogP contribution in [0, 0.1) is 46.3 Å². The number of ether oxygens (including phenoxy) is 1. The summed E-state index contributed by atoms with van der Waals surface area (Å²) >= 11 is 0. The summed E-state index contributed by atoms with van der Waals surface area (Å²) in [5.74, 6) is 3.46. The van der Waals surface area contributed by atoms with Crippen molar-refractivity contribution in [3.05, 3.63) is 0 Å². The molecule has 0 N–H and O–H groups in total. The number of carbonyl (C=O) groups is 2. The minimum absolute atomic E-state index is 0.0834. The standard InChI is InChI=1S/C27H44O3/c1-16(8-9-23-25(4,5)30-23)17(2)26(6)13-11-21-24(18(26)3)22(29)15-19-14-20(28)10-12-27(19,21)7/h16-19,21,23-24H,8-15H2,1-7H3/t16-,17?,18+,19?,21+,23?,24?,26?,27?/m1/s1. The van der Waals surface area contributed by atoms with Crippen LogP contribution in [0.3, 0.4) is 0 Å². The average Bonchev–Trinajstić information content (AvgIpc) is 3.30. The molecule has 4 fully saturated rings. The Balaban J connectivity index is 1.48. The number of hydrogen-bond donors (Lipinski definition) is 0. The molecule has 3 heteroatoms. The summed E-state index contributed by atoms with van der Waals surface area (Å²) in [6, 6.07) is 0. The van der Waals surface area contributed by atoms with Gasteiger partial charge in [-0.25, -0.2) is 0 Å². The van der Waals surface area contributed by atoms with E-state index in [1.807, 2.05) is 0 Å². The second kappa shape index (κ2) is 7.42.